The van der Waals surface area contributed by atoms with Crippen LogP contribution in [0.4, 0.5) is 0 Å². The molecule has 0 saturated carbocycles. The Morgan fingerprint density at radius 2 is 2.26 bits per heavy atom. The zero-order chi connectivity index (χ0) is 13.9. The molecule has 0 amide bonds. The lowest BCUT2D eigenvalue weighted by molar-refractivity contribution is -0.00996. The van der Waals surface area contributed by atoms with E-state index in [9.17, 15) is 0 Å². The molecule has 2 rings (SSSR count). The first kappa shape index (κ1) is 14.9. The SMILES string of the molecule is Cc1csc(CC2(CNC(C)(C)C)CCCOC2)n1. The van der Waals surface area contributed by atoms with Crippen molar-refractivity contribution in [1.82, 2.24) is 10.3 Å². The number of nitrogens with one attached hydrogen (secondary N) is 1. The molecule has 1 saturated heterocycles. The number of rotatable bonds is 4. The summed E-state index contributed by atoms with van der Waals surface area (Å²) >= 11 is 1.78. The standard InChI is InChI=1S/C15H26N2OS/c1-12-9-19-13(17-12)8-15(6-5-7-18-11-15)10-16-14(2,3)4/h9,16H,5-8,10-11H2,1-4H3. The molecule has 0 radical (unpaired) electrons. The Bertz CT molecular complexity index is 403. The summed E-state index contributed by atoms with van der Waals surface area (Å²) < 4.78 is 5.77. The van der Waals surface area contributed by atoms with Gasteiger partial charge in [0.1, 0.15) is 0 Å². The van der Waals surface area contributed by atoms with Crippen molar-refractivity contribution in [3.63, 3.8) is 0 Å². The number of thiazole rings is 1. The molecular formula is C15H26N2OS. The monoisotopic (exact) mass is 282 g/mol. The van der Waals surface area contributed by atoms with Gasteiger partial charge in [-0.2, -0.15) is 0 Å². The molecule has 0 aromatic carbocycles. The molecule has 1 fully saturated rings. The Morgan fingerprint density at radius 3 is 2.79 bits per heavy atom. The summed E-state index contributed by atoms with van der Waals surface area (Å²) in [4.78, 5) is 4.63. The number of ether oxygens (including phenoxy) is 1. The van der Waals surface area contributed by atoms with Crippen molar-refractivity contribution in [2.75, 3.05) is 19.8 Å². The van der Waals surface area contributed by atoms with E-state index in [2.05, 4.69) is 43.4 Å². The number of nitrogens with zero attached hydrogens (tertiary/aromatic N) is 1. The zero-order valence-corrected chi connectivity index (χ0v) is 13.4. The van der Waals surface area contributed by atoms with Crippen LogP contribution < -0.4 is 5.32 Å². The maximum Gasteiger partial charge on any atom is 0.0935 e. The third kappa shape index (κ3) is 4.55. The van der Waals surface area contributed by atoms with E-state index in [1.807, 2.05) is 0 Å². The van der Waals surface area contributed by atoms with E-state index in [0.29, 0.717) is 0 Å². The van der Waals surface area contributed by atoms with Gasteiger partial charge in [0.2, 0.25) is 0 Å². The van der Waals surface area contributed by atoms with Gasteiger partial charge in [-0.3, -0.25) is 0 Å². The first-order valence-corrected chi connectivity index (χ1v) is 8.00. The maximum atomic E-state index is 5.77. The summed E-state index contributed by atoms with van der Waals surface area (Å²) in [6, 6.07) is 0. The molecule has 1 aliphatic rings. The van der Waals surface area contributed by atoms with Crippen LogP contribution in [0.5, 0.6) is 0 Å². The topological polar surface area (TPSA) is 34.1 Å². The molecule has 108 valence electrons. The quantitative estimate of drug-likeness (QED) is 0.921. The smallest absolute Gasteiger partial charge is 0.0935 e. The number of aromatic nitrogens is 1. The Kier molecular flexibility index (Phi) is 4.64. The van der Waals surface area contributed by atoms with Gasteiger partial charge in [0, 0.05) is 41.6 Å². The number of hydrogen-bond acceptors (Lipinski definition) is 4. The number of hydrogen-bond donors (Lipinski definition) is 1. The lowest BCUT2D eigenvalue weighted by atomic mass is 9.79. The van der Waals surface area contributed by atoms with E-state index in [-0.39, 0.29) is 11.0 Å². The average Bonchev–Trinajstić information content (AvgIpc) is 2.73. The highest BCUT2D eigenvalue weighted by Crippen LogP contribution is 2.33. The molecule has 0 bridgehead atoms. The molecule has 19 heavy (non-hydrogen) atoms. The van der Waals surface area contributed by atoms with Crippen LogP contribution in [0.25, 0.3) is 0 Å². The molecule has 1 aliphatic heterocycles. The second-order valence-corrected chi connectivity index (χ2v) is 7.76. The van der Waals surface area contributed by atoms with E-state index in [0.717, 1.165) is 38.3 Å². The molecule has 0 aliphatic carbocycles. The third-order valence-electron chi connectivity index (χ3n) is 3.59. The van der Waals surface area contributed by atoms with Crippen LogP contribution in [0.15, 0.2) is 5.38 Å². The largest absolute Gasteiger partial charge is 0.381 e. The molecule has 0 spiro atoms. The van der Waals surface area contributed by atoms with E-state index in [4.69, 9.17) is 4.74 Å². The summed E-state index contributed by atoms with van der Waals surface area (Å²) in [7, 11) is 0. The van der Waals surface area contributed by atoms with Gasteiger partial charge >= 0.3 is 0 Å². The van der Waals surface area contributed by atoms with Crippen molar-refractivity contribution < 1.29 is 4.74 Å². The Labute approximate surface area is 120 Å². The highest BCUT2D eigenvalue weighted by Gasteiger charge is 2.34. The van der Waals surface area contributed by atoms with Gasteiger partial charge in [0.05, 0.1) is 11.6 Å². The minimum atomic E-state index is 0.156. The molecule has 1 atom stereocenters. The first-order valence-electron chi connectivity index (χ1n) is 7.12. The van der Waals surface area contributed by atoms with Gasteiger partial charge in [0.25, 0.3) is 0 Å². The second kappa shape index (κ2) is 5.90. The van der Waals surface area contributed by atoms with Gasteiger partial charge in [0.15, 0.2) is 0 Å². The van der Waals surface area contributed by atoms with Gasteiger partial charge in [-0.25, -0.2) is 4.98 Å². The maximum absolute atomic E-state index is 5.77. The van der Waals surface area contributed by atoms with Crippen molar-refractivity contribution in [3.05, 3.63) is 16.1 Å². The fourth-order valence-electron chi connectivity index (χ4n) is 2.51. The van der Waals surface area contributed by atoms with Gasteiger partial charge in [-0.1, -0.05) is 0 Å². The molecule has 1 N–H and O–H groups in total. The summed E-state index contributed by atoms with van der Waals surface area (Å²) in [6.45, 7) is 11.5. The molecular weight excluding hydrogens is 256 g/mol. The molecule has 4 heteroatoms. The first-order chi connectivity index (χ1) is 8.89. The van der Waals surface area contributed by atoms with Crippen molar-refractivity contribution >= 4 is 11.3 Å². The van der Waals surface area contributed by atoms with Gasteiger partial charge in [-0.05, 0) is 40.5 Å². The van der Waals surface area contributed by atoms with Crippen LogP contribution in [0.2, 0.25) is 0 Å². The van der Waals surface area contributed by atoms with E-state index >= 15 is 0 Å². The normalized spacial score (nSPS) is 24.6. The average molecular weight is 282 g/mol. The summed E-state index contributed by atoms with van der Waals surface area (Å²) in [6.07, 6.45) is 3.43. The van der Waals surface area contributed by atoms with Gasteiger partial charge in [-0.15, -0.1) is 11.3 Å². The lowest BCUT2D eigenvalue weighted by Gasteiger charge is -2.39. The third-order valence-corrected chi connectivity index (χ3v) is 4.56. The molecule has 1 aromatic rings. The molecule has 3 nitrogen and oxygen atoms in total. The Morgan fingerprint density at radius 1 is 1.47 bits per heavy atom. The predicted octanol–water partition coefficient (Wildman–Crippen LogP) is 3.18. The Hall–Kier alpha value is -0.450. The summed E-state index contributed by atoms with van der Waals surface area (Å²) in [5, 5.41) is 7.05. The fourth-order valence-corrected chi connectivity index (χ4v) is 3.45. The van der Waals surface area contributed by atoms with Crippen LogP contribution >= 0.6 is 11.3 Å². The highest BCUT2D eigenvalue weighted by atomic mass is 32.1. The summed E-state index contributed by atoms with van der Waals surface area (Å²) in [5.74, 6) is 0. The van der Waals surface area contributed by atoms with Crippen LogP contribution in [0, 0.1) is 12.3 Å². The van der Waals surface area contributed by atoms with E-state index < -0.39 is 0 Å². The zero-order valence-electron chi connectivity index (χ0n) is 12.6. The van der Waals surface area contributed by atoms with Crippen molar-refractivity contribution in [2.45, 2.75) is 52.5 Å². The van der Waals surface area contributed by atoms with Crippen LogP contribution in [-0.4, -0.2) is 30.3 Å². The van der Waals surface area contributed by atoms with E-state index in [1.54, 1.807) is 11.3 Å². The predicted molar refractivity (Wildman–Crippen MR) is 80.8 cm³/mol. The van der Waals surface area contributed by atoms with Crippen molar-refractivity contribution in [3.8, 4) is 0 Å². The minimum Gasteiger partial charge on any atom is -0.381 e. The molecule has 1 aromatic heterocycles. The lowest BCUT2D eigenvalue weighted by Crippen LogP contribution is -2.48. The Balaban J connectivity index is 2.05. The molecule has 2 heterocycles. The fraction of sp³-hybridized carbons (Fsp3) is 0.800. The van der Waals surface area contributed by atoms with Gasteiger partial charge < -0.3 is 10.1 Å². The highest BCUT2D eigenvalue weighted by molar-refractivity contribution is 7.09. The van der Waals surface area contributed by atoms with Crippen LogP contribution in [0.3, 0.4) is 0 Å². The molecule has 1 unspecified atom stereocenters. The van der Waals surface area contributed by atoms with E-state index in [1.165, 1.54) is 11.4 Å². The summed E-state index contributed by atoms with van der Waals surface area (Å²) in [5.41, 5.74) is 1.51. The second-order valence-electron chi connectivity index (χ2n) is 6.82. The van der Waals surface area contributed by atoms with Crippen LogP contribution in [0.1, 0.15) is 44.3 Å². The van der Waals surface area contributed by atoms with Crippen LogP contribution in [-0.2, 0) is 11.2 Å². The van der Waals surface area contributed by atoms with Crippen molar-refractivity contribution in [1.29, 1.82) is 0 Å². The minimum absolute atomic E-state index is 0.156. The number of aryl methyl sites for hydroxylation is 1. The van der Waals surface area contributed by atoms with Crippen molar-refractivity contribution in [2.24, 2.45) is 5.41 Å².